The number of nitrogens with zero attached hydrogens (tertiary/aromatic N) is 4. The van der Waals surface area contributed by atoms with E-state index >= 15 is 0 Å². The first-order valence-electron chi connectivity index (χ1n) is 42.8. The van der Waals surface area contributed by atoms with Gasteiger partial charge in [0.25, 0.3) is 0 Å². The van der Waals surface area contributed by atoms with Crippen LogP contribution in [-0.2, 0) is 0 Å². The van der Waals surface area contributed by atoms with E-state index in [9.17, 15) is 0 Å². The van der Waals surface area contributed by atoms with Crippen molar-refractivity contribution >= 4 is 193 Å². The van der Waals surface area contributed by atoms with Crippen LogP contribution in [0.2, 0.25) is 39.3 Å². The van der Waals surface area contributed by atoms with Crippen molar-refractivity contribution in [2.24, 2.45) is 0 Å². The van der Waals surface area contributed by atoms with Gasteiger partial charge in [-0.2, -0.15) is 0 Å². The van der Waals surface area contributed by atoms with Crippen molar-refractivity contribution in [1.29, 1.82) is 0 Å². The van der Waals surface area contributed by atoms with Crippen LogP contribution in [0.1, 0.15) is 0 Å². The molecular weight excluding hydrogens is 1540 g/mol. The molecule has 0 aliphatic rings. The SMILES string of the molecule is C[Si](C)(C)c1ccc(N(c2ccccc2)c2ccc(-c3ccc4c(c3)c3ccccc3c3c5ccc(N(c6ccccc6)c6ccc7ccccc7c6)cc5oc43)cc2)cc1.C[Si](C)(C)c1ccc(N(c2ccccc2)c2ccc(-c3ccc4c(c3)c3ccccc3c3c5ccc(N(c6ccccc6)c6ccccc6-c6ccccc6)cc5oc43)cc2)cc1. The third-order valence-corrected chi connectivity index (χ3v) is 28.7. The average Bonchev–Trinajstić information content (AvgIpc) is 1.53. The number of para-hydroxylation sites is 5. The quantitative estimate of drug-likeness (QED) is 0.0668. The number of benzene rings is 20. The van der Waals surface area contributed by atoms with Gasteiger partial charge in [0.2, 0.25) is 0 Å². The molecule has 0 amide bonds. The fourth-order valence-electron chi connectivity index (χ4n) is 18.3. The highest BCUT2D eigenvalue weighted by atomic mass is 28.3. The zero-order valence-corrected chi connectivity index (χ0v) is 72.2. The molecule has 0 spiro atoms. The minimum atomic E-state index is -1.42. The van der Waals surface area contributed by atoms with E-state index in [0.29, 0.717) is 0 Å². The van der Waals surface area contributed by atoms with E-state index in [1.807, 2.05) is 0 Å². The van der Waals surface area contributed by atoms with Crippen molar-refractivity contribution in [2.75, 3.05) is 19.6 Å². The Hall–Kier alpha value is -15.1. The average molecular weight is 1630 g/mol. The third-order valence-electron chi connectivity index (χ3n) is 24.5. The summed E-state index contributed by atoms with van der Waals surface area (Å²) in [6, 6.07) is 158. The first-order chi connectivity index (χ1) is 60.8. The van der Waals surface area contributed by atoms with E-state index in [-0.39, 0.29) is 0 Å². The Bertz CT molecular complexity index is 7720. The molecule has 0 N–H and O–H groups in total. The summed E-state index contributed by atoms with van der Waals surface area (Å²) < 4.78 is 14.0. The molecule has 0 bridgehead atoms. The summed E-state index contributed by atoms with van der Waals surface area (Å²) in [7, 11) is -2.84. The molecule has 0 aliphatic heterocycles. The normalized spacial score (nSPS) is 11.8. The summed E-state index contributed by atoms with van der Waals surface area (Å²) in [4.78, 5) is 9.34. The minimum Gasteiger partial charge on any atom is -0.455 e. The van der Waals surface area contributed by atoms with Crippen molar-refractivity contribution in [1.82, 2.24) is 0 Å². The van der Waals surface area contributed by atoms with Gasteiger partial charge in [0.05, 0.1) is 21.8 Å². The molecular formula is C116H90N4O2Si2. The molecule has 0 atom stereocenters. The van der Waals surface area contributed by atoms with Gasteiger partial charge < -0.3 is 28.4 Å². The van der Waals surface area contributed by atoms with Crippen molar-refractivity contribution in [3.63, 3.8) is 0 Å². The van der Waals surface area contributed by atoms with E-state index in [1.165, 1.54) is 75.7 Å². The van der Waals surface area contributed by atoms with Crippen LogP contribution < -0.4 is 30.0 Å². The molecule has 0 aliphatic carbocycles. The highest BCUT2D eigenvalue weighted by Crippen LogP contribution is 2.50. The van der Waals surface area contributed by atoms with Crippen LogP contribution in [0.15, 0.2) is 446 Å². The van der Waals surface area contributed by atoms with E-state index in [4.69, 9.17) is 8.83 Å². The van der Waals surface area contributed by atoms with E-state index in [1.54, 1.807) is 0 Å². The summed E-state index contributed by atoms with van der Waals surface area (Å²) in [6.45, 7) is 14.4. The van der Waals surface area contributed by atoms with Gasteiger partial charge in [-0.25, -0.2) is 0 Å². The highest BCUT2D eigenvalue weighted by molar-refractivity contribution is 6.89. The standard InChI is InChI=1S/C59H46N2OSi.C57H44N2OSi/c1-63(2,3)49-35-32-47(33-36-49)60(44-19-9-5-10-20-44)46-30-27-41(28-31-46)43-29-37-53-55(39-43)51-24-13-14-25-52(51)58-54-38-34-48(40-57(54)62-59(53)58)61(45-21-11-6-12-22-45)56-26-16-15-23-50(56)42-17-7-4-8-18-42;1-61(2,3)49-32-29-46(30-33-49)58(43-16-6-4-7-17-43)45-26-22-40(23-27-45)42-25-34-52-54(37-42)50-20-12-13-21-51(50)56-53-35-31-48(38-55(53)60-57(52)56)59(44-18-8-5-9-19-44)47-28-24-39-14-10-11-15-41(39)36-47/h4-40H,1-3H3;4-38H,1-3H3. The number of anilines is 12. The van der Waals surface area contributed by atoms with Crippen LogP contribution in [0, 0.1) is 0 Å². The van der Waals surface area contributed by atoms with Gasteiger partial charge in [-0.05, 0) is 235 Å². The Labute approximate surface area is 725 Å². The lowest BCUT2D eigenvalue weighted by atomic mass is 9.94. The molecule has 6 nitrogen and oxygen atoms in total. The highest BCUT2D eigenvalue weighted by Gasteiger charge is 2.26. The maximum Gasteiger partial charge on any atom is 0.143 e. The number of hydrogen-bond acceptors (Lipinski definition) is 6. The van der Waals surface area contributed by atoms with Crippen molar-refractivity contribution in [2.45, 2.75) is 39.3 Å². The predicted octanol–water partition coefficient (Wildman–Crippen LogP) is 32.9. The largest absolute Gasteiger partial charge is 0.455 e. The molecule has 8 heteroatoms. The molecule has 0 unspecified atom stereocenters. The van der Waals surface area contributed by atoms with Crippen molar-refractivity contribution in [3.8, 4) is 33.4 Å². The van der Waals surface area contributed by atoms with Crippen LogP contribution in [-0.4, -0.2) is 16.1 Å². The smallest absolute Gasteiger partial charge is 0.143 e. The minimum absolute atomic E-state index is 0.857. The second kappa shape index (κ2) is 31.8. The van der Waals surface area contributed by atoms with Crippen LogP contribution >= 0.6 is 0 Å². The topological polar surface area (TPSA) is 39.2 Å². The lowest BCUT2D eigenvalue weighted by Gasteiger charge is -2.27. The Kier molecular flexibility index (Phi) is 19.6. The Balaban J connectivity index is 0.000000152. The lowest BCUT2D eigenvalue weighted by Crippen LogP contribution is -2.37. The predicted molar refractivity (Wildman–Crippen MR) is 536 cm³/mol. The zero-order valence-electron chi connectivity index (χ0n) is 70.2. The van der Waals surface area contributed by atoms with Gasteiger partial charge in [-0.3, -0.25) is 0 Å². The maximum absolute atomic E-state index is 7.02. The van der Waals surface area contributed by atoms with Gasteiger partial charge in [0.15, 0.2) is 0 Å². The first-order valence-corrected chi connectivity index (χ1v) is 49.8. The molecule has 0 radical (unpaired) electrons. The Morgan fingerprint density at radius 2 is 0.492 bits per heavy atom. The molecule has 2 heterocycles. The van der Waals surface area contributed by atoms with Gasteiger partial charge in [0, 0.05) is 113 Å². The second-order valence-electron chi connectivity index (χ2n) is 34.4. The molecule has 22 rings (SSSR count). The number of fused-ring (bicyclic) bond motifs is 17. The molecule has 0 saturated heterocycles. The van der Waals surface area contributed by atoms with Gasteiger partial charge in [-0.1, -0.05) is 311 Å². The van der Waals surface area contributed by atoms with Crippen molar-refractivity contribution in [3.05, 3.63) is 437 Å². The van der Waals surface area contributed by atoms with Crippen LogP contribution in [0.3, 0.4) is 0 Å². The zero-order chi connectivity index (χ0) is 83.6. The maximum atomic E-state index is 7.02. The van der Waals surface area contributed by atoms with Gasteiger partial charge in [-0.15, -0.1) is 0 Å². The van der Waals surface area contributed by atoms with E-state index in [2.05, 4.69) is 496 Å². The second-order valence-corrected chi connectivity index (χ2v) is 44.5. The molecule has 20 aromatic carbocycles. The molecule has 2 aromatic heterocycles. The number of hydrogen-bond donors (Lipinski definition) is 0. The van der Waals surface area contributed by atoms with Crippen LogP contribution in [0.25, 0.3) is 131 Å². The number of rotatable bonds is 17. The van der Waals surface area contributed by atoms with E-state index in [0.717, 1.165) is 134 Å². The summed E-state index contributed by atoms with van der Waals surface area (Å²) >= 11 is 0. The summed E-state index contributed by atoms with van der Waals surface area (Å²) in [5, 5.41) is 19.2. The molecule has 0 saturated carbocycles. The fraction of sp³-hybridized carbons (Fsp3) is 0.0517. The van der Waals surface area contributed by atoms with Gasteiger partial charge >= 0.3 is 0 Å². The van der Waals surface area contributed by atoms with Crippen LogP contribution in [0.5, 0.6) is 0 Å². The molecule has 22 aromatic rings. The molecule has 124 heavy (non-hydrogen) atoms. The monoisotopic (exact) mass is 1630 g/mol. The lowest BCUT2D eigenvalue weighted by molar-refractivity contribution is 0.672. The first kappa shape index (κ1) is 76.3. The fourth-order valence-corrected chi connectivity index (χ4v) is 20.6. The van der Waals surface area contributed by atoms with Crippen molar-refractivity contribution < 1.29 is 8.83 Å². The molecule has 0 fully saturated rings. The third kappa shape index (κ3) is 14.3. The van der Waals surface area contributed by atoms with Crippen LogP contribution in [0.4, 0.5) is 68.2 Å². The Morgan fingerprint density at radius 3 is 0.927 bits per heavy atom. The molecule has 594 valence electrons. The summed E-state index contributed by atoms with van der Waals surface area (Å²) in [6.07, 6.45) is 0. The van der Waals surface area contributed by atoms with Gasteiger partial charge in [0.1, 0.15) is 22.3 Å². The summed E-state index contributed by atoms with van der Waals surface area (Å²) in [5.74, 6) is 0. The summed E-state index contributed by atoms with van der Waals surface area (Å²) in [5.41, 5.74) is 23.8. The Morgan fingerprint density at radius 1 is 0.185 bits per heavy atom. The number of furan rings is 2. The van der Waals surface area contributed by atoms with E-state index < -0.39 is 16.1 Å².